The van der Waals surface area contributed by atoms with Gasteiger partial charge in [-0.05, 0) is 41.7 Å². The predicted octanol–water partition coefficient (Wildman–Crippen LogP) is 5.48. The van der Waals surface area contributed by atoms with Gasteiger partial charge in [0.05, 0.1) is 5.69 Å². The number of nitrogens with one attached hydrogen (secondary N) is 1. The largest absolute Gasteiger partial charge is 0.573 e. The van der Waals surface area contributed by atoms with E-state index in [1.54, 1.807) is 18.2 Å². The smallest absolute Gasteiger partial charge is 0.444 e. The average Bonchev–Trinajstić information content (AvgIpc) is 2.62. The molecule has 0 atom stereocenters. The highest BCUT2D eigenvalue weighted by Crippen LogP contribution is 2.27. The molecule has 0 aliphatic carbocycles. The van der Waals surface area contributed by atoms with Crippen molar-refractivity contribution < 1.29 is 36.6 Å². The van der Waals surface area contributed by atoms with Crippen LogP contribution in [-0.4, -0.2) is 18.7 Å². The number of hydrogen-bond acceptors (Lipinski definition) is 4. The Labute approximate surface area is 164 Å². The molecule has 9 heteroatoms. The van der Waals surface area contributed by atoms with Crippen LogP contribution in [0.1, 0.15) is 35.3 Å². The van der Waals surface area contributed by atoms with Gasteiger partial charge in [-0.2, -0.15) is 0 Å². The summed E-state index contributed by atoms with van der Waals surface area (Å²) < 4.78 is 59.1. The van der Waals surface area contributed by atoms with Crippen LogP contribution in [0.5, 0.6) is 5.75 Å². The fraction of sp³-hybridized carbons (Fsp3) is 0.300. The molecule has 0 radical (unpaired) electrons. The van der Waals surface area contributed by atoms with Gasteiger partial charge in [-0.15, -0.1) is 13.2 Å². The monoisotopic (exact) mass is 413 g/mol. The molecular formula is C20H19F4NO4. The first-order chi connectivity index (χ1) is 13.6. The van der Waals surface area contributed by atoms with Crippen molar-refractivity contribution >= 4 is 18.1 Å². The number of benzene rings is 2. The van der Waals surface area contributed by atoms with Gasteiger partial charge in [0.25, 0.3) is 0 Å². The molecule has 0 saturated heterocycles. The summed E-state index contributed by atoms with van der Waals surface area (Å²) in [5.41, 5.74) is 1.34. The number of ether oxygens (including phenoxy) is 2. The second-order valence-corrected chi connectivity index (χ2v) is 6.64. The number of anilines is 1. The van der Waals surface area contributed by atoms with Crippen molar-refractivity contribution in [2.45, 2.75) is 33.2 Å². The van der Waals surface area contributed by atoms with Crippen LogP contribution in [0.4, 0.5) is 28.0 Å². The van der Waals surface area contributed by atoms with Crippen molar-refractivity contribution in [3.63, 3.8) is 0 Å². The van der Waals surface area contributed by atoms with Gasteiger partial charge in [0.1, 0.15) is 24.5 Å². The van der Waals surface area contributed by atoms with Gasteiger partial charge in [0.2, 0.25) is 0 Å². The Hall–Kier alpha value is -3.10. The lowest BCUT2D eigenvalue weighted by molar-refractivity contribution is -0.274. The van der Waals surface area contributed by atoms with Crippen LogP contribution in [0.15, 0.2) is 36.4 Å². The lowest BCUT2D eigenvalue weighted by Gasteiger charge is -2.12. The molecule has 1 N–H and O–H groups in total. The molecular weight excluding hydrogens is 394 g/mol. The summed E-state index contributed by atoms with van der Waals surface area (Å²) in [7, 11) is 0. The first-order valence-corrected chi connectivity index (χ1v) is 8.63. The Morgan fingerprint density at radius 2 is 1.90 bits per heavy atom. The number of carbonyl (C=O) groups excluding carboxylic acids is 2. The molecule has 0 spiro atoms. The summed E-state index contributed by atoms with van der Waals surface area (Å²) in [5, 5.41) is 2.02. The van der Waals surface area contributed by atoms with Gasteiger partial charge >= 0.3 is 12.5 Å². The standard InChI is InChI=1S/C20H19F4NO4/c1-12(2)7-14-4-3-13(8-15(14)10-26)11-28-19(27)25-18-9-16(5-6-17(18)21)29-20(22,23)24/h3-6,8-10,12H,7,11H2,1-2H3,(H,25,27). The number of rotatable bonds is 7. The van der Waals surface area contributed by atoms with E-state index in [1.807, 2.05) is 19.2 Å². The Kier molecular flexibility index (Phi) is 7.19. The van der Waals surface area contributed by atoms with Crippen LogP contribution >= 0.6 is 0 Å². The van der Waals surface area contributed by atoms with Gasteiger partial charge < -0.3 is 9.47 Å². The maximum Gasteiger partial charge on any atom is 0.573 e. The van der Waals surface area contributed by atoms with Crippen molar-refractivity contribution in [2.24, 2.45) is 5.92 Å². The molecule has 29 heavy (non-hydrogen) atoms. The van der Waals surface area contributed by atoms with Crippen molar-refractivity contribution in [1.29, 1.82) is 0 Å². The van der Waals surface area contributed by atoms with Crippen molar-refractivity contribution in [3.05, 3.63) is 58.9 Å². The molecule has 0 aliphatic heterocycles. The van der Waals surface area contributed by atoms with E-state index in [2.05, 4.69) is 4.74 Å². The summed E-state index contributed by atoms with van der Waals surface area (Å²) in [5.74, 6) is -1.29. The third-order valence-electron chi connectivity index (χ3n) is 3.74. The first-order valence-electron chi connectivity index (χ1n) is 8.63. The SMILES string of the molecule is CC(C)Cc1ccc(COC(=O)Nc2cc(OC(F)(F)F)ccc2F)cc1C=O. The molecule has 0 bridgehead atoms. The van der Waals surface area contributed by atoms with Gasteiger partial charge in [-0.1, -0.05) is 26.0 Å². The Morgan fingerprint density at radius 1 is 1.17 bits per heavy atom. The Bertz CT molecular complexity index is 881. The molecule has 2 rings (SSSR count). The molecule has 0 fully saturated rings. The summed E-state index contributed by atoms with van der Waals surface area (Å²) in [6.07, 6.45) is -4.60. The number of alkyl halides is 3. The zero-order valence-electron chi connectivity index (χ0n) is 15.7. The minimum atomic E-state index is -4.95. The molecule has 5 nitrogen and oxygen atoms in total. The predicted molar refractivity (Wildman–Crippen MR) is 97.3 cm³/mol. The van der Waals surface area contributed by atoms with Crippen LogP contribution in [-0.2, 0) is 17.8 Å². The molecule has 0 aliphatic rings. The second-order valence-electron chi connectivity index (χ2n) is 6.64. The maximum atomic E-state index is 13.7. The van der Waals surface area contributed by atoms with E-state index in [0.29, 0.717) is 35.8 Å². The van der Waals surface area contributed by atoms with E-state index in [4.69, 9.17) is 4.74 Å². The second kappa shape index (κ2) is 9.40. The van der Waals surface area contributed by atoms with E-state index < -0.39 is 29.7 Å². The molecule has 0 unspecified atom stereocenters. The van der Waals surface area contributed by atoms with E-state index in [9.17, 15) is 27.2 Å². The van der Waals surface area contributed by atoms with Gasteiger partial charge in [-0.3, -0.25) is 10.1 Å². The molecule has 0 aromatic heterocycles. The van der Waals surface area contributed by atoms with Crippen LogP contribution in [0.2, 0.25) is 0 Å². The highest BCUT2D eigenvalue weighted by Gasteiger charge is 2.31. The third kappa shape index (κ3) is 7.10. The van der Waals surface area contributed by atoms with Crippen molar-refractivity contribution in [3.8, 4) is 5.75 Å². The number of hydrogen-bond donors (Lipinski definition) is 1. The fourth-order valence-electron chi connectivity index (χ4n) is 2.56. The van der Waals surface area contributed by atoms with Crippen molar-refractivity contribution in [1.82, 2.24) is 0 Å². The molecule has 2 aromatic carbocycles. The third-order valence-corrected chi connectivity index (χ3v) is 3.74. The van der Waals surface area contributed by atoms with E-state index in [1.165, 1.54) is 0 Å². The van der Waals surface area contributed by atoms with Crippen LogP contribution in [0.25, 0.3) is 0 Å². The maximum absolute atomic E-state index is 13.7. The molecule has 0 saturated carbocycles. The van der Waals surface area contributed by atoms with E-state index in [0.717, 1.165) is 17.7 Å². The van der Waals surface area contributed by atoms with Gasteiger partial charge in [-0.25, -0.2) is 9.18 Å². The number of halogens is 4. The van der Waals surface area contributed by atoms with Gasteiger partial charge in [0, 0.05) is 11.6 Å². The quantitative estimate of drug-likeness (QED) is 0.482. The Balaban J connectivity index is 2.01. The molecule has 2 aromatic rings. The van der Waals surface area contributed by atoms with Crippen molar-refractivity contribution in [2.75, 3.05) is 5.32 Å². The minimum Gasteiger partial charge on any atom is -0.444 e. The molecule has 0 heterocycles. The average molecular weight is 413 g/mol. The highest BCUT2D eigenvalue weighted by atomic mass is 19.4. The summed E-state index contributed by atoms with van der Waals surface area (Å²) in [4.78, 5) is 23.1. The van der Waals surface area contributed by atoms with E-state index in [-0.39, 0.29) is 6.61 Å². The summed E-state index contributed by atoms with van der Waals surface area (Å²) in [6.45, 7) is 3.82. The normalized spacial score (nSPS) is 11.3. The first kappa shape index (κ1) is 22.2. The highest BCUT2D eigenvalue weighted by molar-refractivity contribution is 5.85. The van der Waals surface area contributed by atoms with Gasteiger partial charge in [0.15, 0.2) is 0 Å². The lowest BCUT2D eigenvalue weighted by Crippen LogP contribution is -2.18. The number of amides is 1. The molecule has 156 valence electrons. The Morgan fingerprint density at radius 3 is 2.52 bits per heavy atom. The minimum absolute atomic E-state index is 0.213. The summed E-state index contributed by atoms with van der Waals surface area (Å²) in [6, 6.07) is 7.22. The zero-order valence-corrected chi connectivity index (χ0v) is 15.7. The van der Waals surface area contributed by atoms with Crippen LogP contribution < -0.4 is 10.1 Å². The fourth-order valence-corrected chi connectivity index (χ4v) is 2.56. The topological polar surface area (TPSA) is 64.6 Å². The lowest BCUT2D eigenvalue weighted by atomic mass is 9.97. The number of carbonyl (C=O) groups is 2. The molecule has 1 amide bonds. The van der Waals surface area contributed by atoms with E-state index >= 15 is 0 Å². The van der Waals surface area contributed by atoms with Crippen LogP contribution in [0, 0.1) is 11.7 Å². The number of aldehydes is 1. The zero-order chi connectivity index (χ0) is 21.6. The summed E-state index contributed by atoms with van der Waals surface area (Å²) >= 11 is 0. The van der Waals surface area contributed by atoms with Crippen LogP contribution in [0.3, 0.4) is 0 Å².